The summed E-state index contributed by atoms with van der Waals surface area (Å²) in [7, 11) is 0. The molecule has 1 saturated heterocycles. The van der Waals surface area contributed by atoms with Crippen LogP contribution in [-0.2, 0) is 16.2 Å². The van der Waals surface area contributed by atoms with Crippen LogP contribution in [0, 0.1) is 5.92 Å². The molecular formula is C32H35N3O5. The van der Waals surface area contributed by atoms with E-state index in [-0.39, 0.29) is 37.3 Å². The Kier molecular flexibility index (Phi) is 7.63. The predicted octanol–water partition coefficient (Wildman–Crippen LogP) is 4.97. The van der Waals surface area contributed by atoms with Gasteiger partial charge in [0.15, 0.2) is 0 Å². The van der Waals surface area contributed by atoms with Crippen molar-refractivity contribution in [2.24, 2.45) is 5.92 Å². The van der Waals surface area contributed by atoms with Crippen LogP contribution in [0.1, 0.15) is 55.7 Å². The molecule has 3 aromatic rings. The summed E-state index contributed by atoms with van der Waals surface area (Å²) in [5.74, 6) is -1.23. The number of nitrogens with zero attached hydrogens (tertiary/aromatic N) is 1. The molecule has 0 radical (unpaired) electrons. The quantitative estimate of drug-likeness (QED) is 0.321. The molecule has 0 spiro atoms. The summed E-state index contributed by atoms with van der Waals surface area (Å²) < 4.78 is 0. The molecule has 1 heterocycles. The third-order valence-electron chi connectivity index (χ3n) is 8.29. The zero-order valence-electron chi connectivity index (χ0n) is 22.8. The highest BCUT2D eigenvalue weighted by Gasteiger charge is 2.53. The van der Waals surface area contributed by atoms with Crippen LogP contribution in [0.3, 0.4) is 0 Å². The maximum absolute atomic E-state index is 14.2. The number of rotatable bonds is 8. The number of amides is 3. The third-order valence-corrected chi connectivity index (χ3v) is 8.29. The van der Waals surface area contributed by atoms with Gasteiger partial charge in [-0.15, -0.1) is 0 Å². The second-order valence-electron chi connectivity index (χ2n) is 11.0. The van der Waals surface area contributed by atoms with Crippen LogP contribution in [0.2, 0.25) is 0 Å². The number of hydrogen-bond donors (Lipinski definition) is 4. The Morgan fingerprint density at radius 2 is 1.55 bits per heavy atom. The first-order valence-corrected chi connectivity index (χ1v) is 13.8. The minimum absolute atomic E-state index is 0.100. The standard InChI is InChI=1S/C32H35N3O5/c1-20(2)28(29(37)33-22-14-12-21(19-36)13-15-22)34-30(38)32(16-7-17-35(32)31(39)40)18-27-25-10-5-3-8-23(25)24-9-4-6-11-26(24)27/h3-6,8-15,20,27-28,36H,7,16-19H2,1-2H3,(H,33,37)(H,34,38)(H,39,40)/t28-,32-/m0/s1. The highest BCUT2D eigenvalue weighted by atomic mass is 16.4. The first kappa shape index (κ1) is 27.4. The van der Waals surface area contributed by atoms with E-state index in [9.17, 15) is 24.6 Å². The normalized spacial score (nSPS) is 18.8. The Bertz CT molecular complexity index is 1370. The van der Waals surface area contributed by atoms with Crippen LogP contribution in [0.25, 0.3) is 11.1 Å². The molecule has 1 aliphatic carbocycles. The first-order chi connectivity index (χ1) is 19.2. The number of aliphatic hydroxyl groups is 1. The van der Waals surface area contributed by atoms with Crippen molar-refractivity contribution in [3.05, 3.63) is 89.5 Å². The molecule has 40 heavy (non-hydrogen) atoms. The van der Waals surface area contributed by atoms with Gasteiger partial charge in [0.2, 0.25) is 11.8 Å². The lowest BCUT2D eigenvalue weighted by Gasteiger charge is -2.39. The molecular weight excluding hydrogens is 506 g/mol. The van der Waals surface area contributed by atoms with Gasteiger partial charge in [0.25, 0.3) is 0 Å². The molecule has 5 rings (SSSR count). The highest BCUT2D eigenvalue weighted by Crippen LogP contribution is 2.50. The molecule has 4 N–H and O–H groups in total. The van der Waals surface area contributed by atoms with Gasteiger partial charge in [-0.2, -0.15) is 0 Å². The van der Waals surface area contributed by atoms with Gasteiger partial charge < -0.3 is 20.8 Å². The summed E-state index contributed by atoms with van der Waals surface area (Å²) in [6.07, 6.45) is 0.0857. The summed E-state index contributed by atoms with van der Waals surface area (Å²) in [5.41, 5.74) is 4.31. The largest absolute Gasteiger partial charge is 0.465 e. The first-order valence-electron chi connectivity index (χ1n) is 13.8. The number of nitrogens with one attached hydrogen (secondary N) is 2. The fraction of sp³-hybridized carbons (Fsp3) is 0.344. The van der Waals surface area contributed by atoms with E-state index in [0.717, 1.165) is 27.8 Å². The number of likely N-dealkylation sites (tertiary alicyclic amines) is 1. The number of anilines is 1. The average Bonchev–Trinajstić information content (AvgIpc) is 3.53. The van der Waals surface area contributed by atoms with Gasteiger partial charge in [-0.05, 0) is 65.1 Å². The molecule has 2 aliphatic rings. The maximum atomic E-state index is 14.2. The zero-order chi connectivity index (χ0) is 28.4. The fourth-order valence-electron chi connectivity index (χ4n) is 6.24. The minimum Gasteiger partial charge on any atom is -0.465 e. The molecule has 0 bridgehead atoms. The van der Waals surface area contributed by atoms with Crippen molar-refractivity contribution in [1.29, 1.82) is 0 Å². The molecule has 3 aromatic carbocycles. The average molecular weight is 542 g/mol. The van der Waals surface area contributed by atoms with Crippen molar-refractivity contribution in [3.63, 3.8) is 0 Å². The van der Waals surface area contributed by atoms with E-state index in [1.165, 1.54) is 4.90 Å². The summed E-state index contributed by atoms with van der Waals surface area (Å²) in [6, 6.07) is 22.1. The van der Waals surface area contributed by atoms with Crippen molar-refractivity contribution >= 4 is 23.6 Å². The van der Waals surface area contributed by atoms with E-state index in [1.54, 1.807) is 24.3 Å². The number of carbonyl (C=O) groups is 3. The number of carboxylic acid groups (broad SMARTS) is 1. The van der Waals surface area contributed by atoms with E-state index < -0.39 is 23.6 Å². The molecule has 1 aliphatic heterocycles. The van der Waals surface area contributed by atoms with Crippen molar-refractivity contribution in [3.8, 4) is 11.1 Å². The van der Waals surface area contributed by atoms with Gasteiger partial charge in [-0.25, -0.2) is 4.79 Å². The number of fused-ring (bicyclic) bond motifs is 3. The molecule has 8 nitrogen and oxygen atoms in total. The van der Waals surface area contributed by atoms with Crippen molar-refractivity contribution < 1.29 is 24.6 Å². The van der Waals surface area contributed by atoms with Crippen LogP contribution in [0.5, 0.6) is 0 Å². The Morgan fingerprint density at radius 1 is 0.950 bits per heavy atom. The van der Waals surface area contributed by atoms with Crippen LogP contribution < -0.4 is 10.6 Å². The van der Waals surface area contributed by atoms with Crippen LogP contribution in [0.4, 0.5) is 10.5 Å². The molecule has 208 valence electrons. The summed E-state index contributed by atoms with van der Waals surface area (Å²) in [4.78, 5) is 41.3. The molecule has 8 heteroatoms. The Hall–Kier alpha value is -4.17. The lowest BCUT2D eigenvalue weighted by Crippen LogP contribution is -2.61. The lowest BCUT2D eigenvalue weighted by atomic mass is 9.79. The molecule has 2 atom stereocenters. The second-order valence-corrected chi connectivity index (χ2v) is 11.0. The van der Waals surface area contributed by atoms with Gasteiger partial charge in [0.1, 0.15) is 11.6 Å². The SMILES string of the molecule is CC(C)[C@H](NC(=O)[C@@]1(CC2c3ccccc3-c3ccccc32)CCCN1C(=O)O)C(=O)Nc1ccc(CO)cc1. The number of carbonyl (C=O) groups excluding carboxylic acids is 2. The smallest absolute Gasteiger partial charge is 0.408 e. The summed E-state index contributed by atoms with van der Waals surface area (Å²) >= 11 is 0. The maximum Gasteiger partial charge on any atom is 0.408 e. The zero-order valence-corrected chi connectivity index (χ0v) is 22.8. The van der Waals surface area contributed by atoms with Gasteiger partial charge in [0.05, 0.1) is 6.61 Å². The van der Waals surface area contributed by atoms with Crippen LogP contribution in [0.15, 0.2) is 72.8 Å². The Labute approximate surface area is 234 Å². The second kappa shape index (κ2) is 11.1. The van der Waals surface area contributed by atoms with Gasteiger partial charge in [-0.3, -0.25) is 14.5 Å². The van der Waals surface area contributed by atoms with E-state index >= 15 is 0 Å². The van der Waals surface area contributed by atoms with Gasteiger partial charge in [-0.1, -0.05) is 74.5 Å². The van der Waals surface area contributed by atoms with Crippen LogP contribution in [-0.4, -0.2) is 51.1 Å². The minimum atomic E-state index is -1.32. The molecule has 1 fully saturated rings. The summed E-state index contributed by atoms with van der Waals surface area (Å²) in [6.45, 7) is 3.85. The van der Waals surface area contributed by atoms with E-state index in [4.69, 9.17) is 0 Å². The highest BCUT2D eigenvalue weighted by molar-refractivity contribution is 5.99. The van der Waals surface area contributed by atoms with E-state index in [2.05, 4.69) is 34.9 Å². The van der Waals surface area contributed by atoms with Crippen molar-refractivity contribution in [2.45, 2.75) is 57.2 Å². The summed E-state index contributed by atoms with van der Waals surface area (Å²) in [5, 5.41) is 25.3. The number of aliphatic hydroxyl groups excluding tert-OH is 1. The Morgan fingerprint density at radius 3 is 2.10 bits per heavy atom. The van der Waals surface area contributed by atoms with Crippen molar-refractivity contribution in [1.82, 2.24) is 10.2 Å². The lowest BCUT2D eigenvalue weighted by molar-refractivity contribution is -0.135. The molecule has 3 amide bonds. The van der Waals surface area contributed by atoms with Gasteiger partial charge >= 0.3 is 6.09 Å². The van der Waals surface area contributed by atoms with E-state index in [1.807, 2.05) is 38.1 Å². The predicted molar refractivity (Wildman–Crippen MR) is 153 cm³/mol. The third kappa shape index (κ3) is 4.95. The molecule has 0 aromatic heterocycles. The number of benzene rings is 3. The van der Waals surface area contributed by atoms with Crippen molar-refractivity contribution in [2.75, 3.05) is 11.9 Å². The number of hydrogen-bond acceptors (Lipinski definition) is 4. The monoisotopic (exact) mass is 541 g/mol. The molecule has 0 unspecified atom stereocenters. The molecule has 0 saturated carbocycles. The van der Waals surface area contributed by atoms with Crippen LogP contribution >= 0.6 is 0 Å². The Balaban J connectivity index is 1.45. The van der Waals surface area contributed by atoms with E-state index in [0.29, 0.717) is 18.5 Å². The van der Waals surface area contributed by atoms with Gasteiger partial charge in [0, 0.05) is 18.2 Å². The topological polar surface area (TPSA) is 119 Å². The fourth-order valence-corrected chi connectivity index (χ4v) is 6.24.